The highest BCUT2D eigenvalue weighted by Crippen LogP contribution is 2.00. The predicted molar refractivity (Wildman–Crippen MR) is 50.6 cm³/mol. The van der Waals surface area contributed by atoms with Crippen LogP contribution in [0.15, 0.2) is 0 Å². The monoisotopic (exact) mass is 158 g/mol. The Balaban J connectivity index is 3.62. The molecule has 0 aliphatic heterocycles. The Morgan fingerprint density at radius 2 is 1.64 bits per heavy atom. The zero-order valence-corrected chi connectivity index (χ0v) is 8.30. The third-order valence-electron chi connectivity index (χ3n) is 2.22. The first-order valence-electron chi connectivity index (χ1n) is 4.59. The second-order valence-corrected chi connectivity index (χ2v) is 3.39. The van der Waals surface area contributed by atoms with Crippen LogP contribution in [-0.4, -0.2) is 30.6 Å². The molecule has 0 saturated carbocycles. The van der Waals surface area contributed by atoms with Gasteiger partial charge in [0.25, 0.3) is 0 Å². The van der Waals surface area contributed by atoms with E-state index in [1.807, 2.05) is 0 Å². The quantitative estimate of drug-likeness (QED) is 0.653. The van der Waals surface area contributed by atoms with Crippen molar-refractivity contribution in [2.24, 2.45) is 11.7 Å². The van der Waals surface area contributed by atoms with E-state index in [0.717, 1.165) is 19.6 Å². The fourth-order valence-corrected chi connectivity index (χ4v) is 0.991. The van der Waals surface area contributed by atoms with Crippen LogP contribution in [0.2, 0.25) is 0 Å². The van der Waals surface area contributed by atoms with Gasteiger partial charge in [0.2, 0.25) is 0 Å². The summed E-state index contributed by atoms with van der Waals surface area (Å²) >= 11 is 0. The lowest BCUT2D eigenvalue weighted by Crippen LogP contribution is -2.40. The molecule has 2 N–H and O–H groups in total. The van der Waals surface area contributed by atoms with Gasteiger partial charge in [-0.1, -0.05) is 27.7 Å². The lowest BCUT2D eigenvalue weighted by atomic mass is 10.1. The SMILES string of the molecule is CCN(CC)C[C@@H](N)C(C)C. The first kappa shape index (κ1) is 10.9. The van der Waals surface area contributed by atoms with Crippen molar-refractivity contribution in [3.05, 3.63) is 0 Å². The molecule has 0 saturated heterocycles. The number of nitrogens with zero attached hydrogens (tertiary/aromatic N) is 1. The summed E-state index contributed by atoms with van der Waals surface area (Å²) in [6.07, 6.45) is 0. The topological polar surface area (TPSA) is 29.3 Å². The van der Waals surface area contributed by atoms with Gasteiger partial charge in [-0.3, -0.25) is 0 Å². The van der Waals surface area contributed by atoms with E-state index in [2.05, 4.69) is 32.6 Å². The van der Waals surface area contributed by atoms with Crippen LogP contribution in [0.25, 0.3) is 0 Å². The Hall–Kier alpha value is -0.0800. The highest BCUT2D eigenvalue weighted by Gasteiger charge is 2.10. The van der Waals surface area contributed by atoms with Crippen molar-refractivity contribution in [1.29, 1.82) is 0 Å². The first-order valence-corrected chi connectivity index (χ1v) is 4.59. The van der Waals surface area contributed by atoms with Crippen molar-refractivity contribution >= 4 is 0 Å². The fraction of sp³-hybridized carbons (Fsp3) is 1.00. The molecule has 0 aliphatic rings. The Kier molecular flexibility index (Phi) is 5.51. The fourth-order valence-electron chi connectivity index (χ4n) is 0.991. The molecule has 0 amide bonds. The Labute approximate surface area is 70.8 Å². The highest BCUT2D eigenvalue weighted by atomic mass is 15.1. The summed E-state index contributed by atoms with van der Waals surface area (Å²) in [5.74, 6) is 0.593. The molecule has 0 aliphatic carbocycles. The summed E-state index contributed by atoms with van der Waals surface area (Å²) in [7, 11) is 0. The third kappa shape index (κ3) is 4.38. The number of nitrogens with two attached hydrogens (primary N) is 1. The average Bonchev–Trinajstić information content (AvgIpc) is 1.99. The minimum Gasteiger partial charge on any atom is -0.326 e. The maximum Gasteiger partial charge on any atom is 0.0191 e. The molecule has 11 heavy (non-hydrogen) atoms. The van der Waals surface area contributed by atoms with Crippen LogP contribution in [0.4, 0.5) is 0 Å². The van der Waals surface area contributed by atoms with Crippen molar-refractivity contribution in [2.75, 3.05) is 19.6 Å². The summed E-state index contributed by atoms with van der Waals surface area (Å²) in [6, 6.07) is 0.329. The van der Waals surface area contributed by atoms with E-state index in [1.165, 1.54) is 0 Å². The average molecular weight is 158 g/mol. The van der Waals surface area contributed by atoms with E-state index >= 15 is 0 Å². The zero-order valence-electron chi connectivity index (χ0n) is 8.30. The predicted octanol–water partition coefficient (Wildman–Crippen LogP) is 1.31. The maximum atomic E-state index is 5.93. The molecule has 68 valence electrons. The van der Waals surface area contributed by atoms with Crippen LogP contribution in [0.3, 0.4) is 0 Å². The van der Waals surface area contributed by atoms with Gasteiger partial charge < -0.3 is 10.6 Å². The molecule has 0 bridgehead atoms. The second kappa shape index (κ2) is 5.56. The Bertz CT molecular complexity index is 87.6. The molecule has 0 rings (SSSR count). The highest BCUT2D eigenvalue weighted by molar-refractivity contribution is 4.69. The van der Waals surface area contributed by atoms with Crippen LogP contribution >= 0.6 is 0 Å². The van der Waals surface area contributed by atoms with Gasteiger partial charge in [0.05, 0.1) is 0 Å². The Morgan fingerprint density at radius 1 is 1.18 bits per heavy atom. The largest absolute Gasteiger partial charge is 0.326 e. The van der Waals surface area contributed by atoms with E-state index in [0.29, 0.717) is 12.0 Å². The van der Waals surface area contributed by atoms with Gasteiger partial charge in [-0.05, 0) is 19.0 Å². The molecule has 0 spiro atoms. The number of likely N-dealkylation sites (N-methyl/N-ethyl adjacent to an activating group) is 1. The zero-order chi connectivity index (χ0) is 8.85. The molecule has 2 heteroatoms. The van der Waals surface area contributed by atoms with Crippen LogP contribution in [0, 0.1) is 5.92 Å². The summed E-state index contributed by atoms with van der Waals surface area (Å²) < 4.78 is 0. The molecule has 1 atom stereocenters. The van der Waals surface area contributed by atoms with E-state index in [-0.39, 0.29) is 0 Å². The van der Waals surface area contributed by atoms with Gasteiger partial charge in [0, 0.05) is 12.6 Å². The third-order valence-corrected chi connectivity index (χ3v) is 2.22. The number of hydrogen-bond acceptors (Lipinski definition) is 2. The van der Waals surface area contributed by atoms with Gasteiger partial charge in [0.15, 0.2) is 0 Å². The summed E-state index contributed by atoms with van der Waals surface area (Å²) in [5.41, 5.74) is 5.93. The van der Waals surface area contributed by atoms with Crippen LogP contribution in [-0.2, 0) is 0 Å². The second-order valence-electron chi connectivity index (χ2n) is 3.39. The maximum absolute atomic E-state index is 5.93. The van der Waals surface area contributed by atoms with E-state index < -0.39 is 0 Å². The molecule has 0 aromatic carbocycles. The van der Waals surface area contributed by atoms with Crippen molar-refractivity contribution in [1.82, 2.24) is 4.90 Å². The van der Waals surface area contributed by atoms with Crippen molar-refractivity contribution in [3.63, 3.8) is 0 Å². The lowest BCUT2D eigenvalue weighted by molar-refractivity contribution is 0.260. The molecular formula is C9H22N2. The molecule has 0 heterocycles. The van der Waals surface area contributed by atoms with Crippen molar-refractivity contribution in [3.8, 4) is 0 Å². The van der Waals surface area contributed by atoms with Crippen molar-refractivity contribution in [2.45, 2.75) is 33.7 Å². The Morgan fingerprint density at radius 3 is 1.91 bits per heavy atom. The molecule has 0 aromatic rings. The summed E-state index contributed by atoms with van der Waals surface area (Å²) in [5, 5.41) is 0. The standard InChI is InChI=1S/C9H22N2/c1-5-11(6-2)7-9(10)8(3)4/h8-9H,5-7,10H2,1-4H3/t9-/m1/s1. The van der Waals surface area contributed by atoms with E-state index in [9.17, 15) is 0 Å². The summed E-state index contributed by atoms with van der Waals surface area (Å²) in [4.78, 5) is 2.37. The minimum atomic E-state index is 0.329. The minimum absolute atomic E-state index is 0.329. The molecular weight excluding hydrogens is 136 g/mol. The van der Waals surface area contributed by atoms with Gasteiger partial charge in [-0.25, -0.2) is 0 Å². The molecule has 0 fully saturated rings. The van der Waals surface area contributed by atoms with Gasteiger partial charge in [-0.2, -0.15) is 0 Å². The number of hydrogen-bond donors (Lipinski definition) is 1. The van der Waals surface area contributed by atoms with Gasteiger partial charge >= 0.3 is 0 Å². The summed E-state index contributed by atoms with van der Waals surface area (Å²) in [6.45, 7) is 12.0. The number of rotatable bonds is 5. The molecule has 0 radical (unpaired) electrons. The normalized spacial score (nSPS) is 14.5. The smallest absolute Gasteiger partial charge is 0.0191 e. The van der Waals surface area contributed by atoms with Crippen LogP contribution < -0.4 is 5.73 Å². The van der Waals surface area contributed by atoms with Crippen LogP contribution in [0.5, 0.6) is 0 Å². The molecule has 0 unspecified atom stereocenters. The van der Waals surface area contributed by atoms with Crippen molar-refractivity contribution < 1.29 is 0 Å². The van der Waals surface area contributed by atoms with Gasteiger partial charge in [-0.15, -0.1) is 0 Å². The van der Waals surface area contributed by atoms with E-state index in [1.54, 1.807) is 0 Å². The van der Waals surface area contributed by atoms with Crippen LogP contribution in [0.1, 0.15) is 27.7 Å². The lowest BCUT2D eigenvalue weighted by Gasteiger charge is -2.24. The first-order chi connectivity index (χ1) is 5.11. The van der Waals surface area contributed by atoms with E-state index in [4.69, 9.17) is 5.73 Å². The molecule has 2 nitrogen and oxygen atoms in total. The van der Waals surface area contributed by atoms with Gasteiger partial charge in [0.1, 0.15) is 0 Å². The molecule has 0 aromatic heterocycles.